The van der Waals surface area contributed by atoms with E-state index in [0.717, 1.165) is 12.8 Å². The van der Waals surface area contributed by atoms with E-state index in [1.807, 2.05) is 6.92 Å². The Balaban J connectivity index is 1.93. The summed E-state index contributed by atoms with van der Waals surface area (Å²) in [4.78, 5) is 0. The molecule has 10 heteroatoms. The van der Waals surface area contributed by atoms with E-state index < -0.39 is 30.9 Å². The molecule has 0 spiro atoms. The van der Waals surface area contributed by atoms with E-state index in [9.17, 15) is 22.0 Å². The summed E-state index contributed by atoms with van der Waals surface area (Å²) in [5.41, 5.74) is -0.0603. The molecular formula is C15H18BF5O4. The lowest BCUT2D eigenvalue weighted by Crippen LogP contribution is -2.45. The molecule has 1 aliphatic heterocycles. The Hall–Kier alpha value is -1.39. The quantitative estimate of drug-likeness (QED) is 0.421. The monoisotopic (exact) mass is 368 g/mol. The predicted molar refractivity (Wildman–Crippen MR) is 79.6 cm³/mol. The lowest BCUT2D eigenvalue weighted by Gasteiger charge is -2.27. The molecule has 4 nitrogen and oxygen atoms in total. The molecule has 2 rings (SSSR count). The largest absolute Gasteiger partial charge is 0.573 e. The van der Waals surface area contributed by atoms with Crippen LogP contribution in [0.15, 0.2) is 12.1 Å². The maximum atomic E-state index is 13.7. The van der Waals surface area contributed by atoms with Gasteiger partial charge >= 0.3 is 13.5 Å². The second-order valence-electron chi connectivity index (χ2n) is 5.65. The fraction of sp³-hybridized carbons (Fsp3) is 0.600. The highest BCUT2D eigenvalue weighted by atomic mass is 19.4. The van der Waals surface area contributed by atoms with Gasteiger partial charge < -0.3 is 18.8 Å². The molecule has 1 aliphatic rings. The maximum absolute atomic E-state index is 13.7. The Morgan fingerprint density at radius 2 is 1.76 bits per heavy atom. The number of unbranched alkanes of at least 4 members (excludes halogenated alkanes) is 1. The van der Waals surface area contributed by atoms with Crippen LogP contribution >= 0.6 is 0 Å². The SMILES string of the molecule is CCCCOCC1COB(c2cc(F)c(OC(F)(F)F)c(F)c2)OC1. The Bertz CT molecular complexity index is 538. The van der Waals surface area contributed by atoms with E-state index in [-0.39, 0.29) is 24.6 Å². The Morgan fingerprint density at radius 1 is 1.16 bits per heavy atom. The molecule has 0 N–H and O–H groups in total. The number of ether oxygens (including phenoxy) is 2. The number of hydrogen-bond acceptors (Lipinski definition) is 4. The van der Waals surface area contributed by atoms with Gasteiger partial charge in [0.15, 0.2) is 11.6 Å². The molecule has 0 amide bonds. The van der Waals surface area contributed by atoms with Crippen LogP contribution in [0.1, 0.15) is 19.8 Å². The average Bonchev–Trinajstić information content (AvgIpc) is 2.54. The number of rotatable bonds is 7. The Kier molecular flexibility index (Phi) is 7.03. The minimum Gasteiger partial charge on any atom is -0.407 e. The van der Waals surface area contributed by atoms with Gasteiger partial charge in [-0.25, -0.2) is 8.78 Å². The number of benzene rings is 1. The van der Waals surface area contributed by atoms with Crippen molar-refractivity contribution < 1.29 is 40.7 Å². The minimum atomic E-state index is -5.19. The van der Waals surface area contributed by atoms with Crippen molar-refractivity contribution in [2.45, 2.75) is 26.1 Å². The summed E-state index contributed by atoms with van der Waals surface area (Å²) in [5.74, 6) is -4.49. The van der Waals surface area contributed by atoms with Gasteiger partial charge in [0.25, 0.3) is 0 Å². The molecule has 0 bridgehead atoms. The van der Waals surface area contributed by atoms with Crippen molar-refractivity contribution in [2.24, 2.45) is 5.92 Å². The molecule has 1 heterocycles. The van der Waals surface area contributed by atoms with Crippen molar-refractivity contribution in [3.63, 3.8) is 0 Å². The zero-order valence-corrected chi connectivity index (χ0v) is 13.6. The van der Waals surface area contributed by atoms with Crippen LogP contribution in [0.3, 0.4) is 0 Å². The van der Waals surface area contributed by atoms with Gasteiger partial charge in [0.05, 0.1) is 6.61 Å². The normalized spacial score (nSPS) is 16.3. The topological polar surface area (TPSA) is 36.9 Å². The summed E-state index contributed by atoms with van der Waals surface area (Å²) in [6.45, 7) is 3.62. The molecule has 0 radical (unpaired) electrons. The minimum absolute atomic E-state index is 0.0179. The first-order valence-electron chi connectivity index (χ1n) is 7.85. The summed E-state index contributed by atoms with van der Waals surface area (Å²) >= 11 is 0. The van der Waals surface area contributed by atoms with Crippen LogP contribution in [-0.4, -0.2) is 39.9 Å². The molecule has 1 saturated heterocycles. The molecule has 0 unspecified atom stereocenters. The van der Waals surface area contributed by atoms with E-state index in [0.29, 0.717) is 25.3 Å². The van der Waals surface area contributed by atoms with Crippen LogP contribution in [0.5, 0.6) is 5.75 Å². The smallest absolute Gasteiger partial charge is 0.407 e. The van der Waals surface area contributed by atoms with Crippen molar-refractivity contribution in [1.82, 2.24) is 0 Å². The fourth-order valence-electron chi connectivity index (χ4n) is 2.26. The summed E-state index contributed by atoms with van der Waals surface area (Å²) < 4.78 is 83.4. The van der Waals surface area contributed by atoms with Crippen molar-refractivity contribution in [3.05, 3.63) is 23.8 Å². The molecule has 1 fully saturated rings. The predicted octanol–water partition coefficient (Wildman–Crippen LogP) is 3.04. The molecule has 0 aliphatic carbocycles. The first-order chi connectivity index (χ1) is 11.8. The molecule has 0 aromatic heterocycles. The first-order valence-corrected chi connectivity index (χ1v) is 7.85. The highest BCUT2D eigenvalue weighted by Crippen LogP contribution is 2.28. The van der Waals surface area contributed by atoms with Crippen LogP contribution in [0.4, 0.5) is 22.0 Å². The number of halogens is 5. The van der Waals surface area contributed by atoms with Crippen molar-refractivity contribution in [2.75, 3.05) is 26.4 Å². The second kappa shape index (κ2) is 8.82. The molecular weight excluding hydrogens is 350 g/mol. The lowest BCUT2D eigenvalue weighted by atomic mass is 9.77. The standard InChI is InChI=1S/C15H18BF5O4/c1-2-3-4-22-7-10-8-23-16(24-9-10)11-5-12(17)14(13(18)6-11)25-15(19,20)21/h5-6,10H,2-4,7-9H2,1H3. The van der Waals surface area contributed by atoms with E-state index >= 15 is 0 Å². The fourth-order valence-corrected chi connectivity index (χ4v) is 2.26. The van der Waals surface area contributed by atoms with E-state index in [2.05, 4.69) is 4.74 Å². The highest BCUT2D eigenvalue weighted by molar-refractivity contribution is 6.61. The number of alkyl halides is 3. The van der Waals surface area contributed by atoms with Crippen LogP contribution in [0, 0.1) is 17.6 Å². The van der Waals surface area contributed by atoms with Crippen molar-refractivity contribution >= 4 is 12.6 Å². The van der Waals surface area contributed by atoms with Crippen molar-refractivity contribution in [3.8, 4) is 5.75 Å². The molecule has 0 atom stereocenters. The zero-order chi connectivity index (χ0) is 18.4. The van der Waals surface area contributed by atoms with Crippen LogP contribution < -0.4 is 10.2 Å². The molecule has 140 valence electrons. The van der Waals surface area contributed by atoms with Crippen LogP contribution in [0.2, 0.25) is 0 Å². The van der Waals surface area contributed by atoms with Gasteiger partial charge in [-0.05, 0) is 24.0 Å². The lowest BCUT2D eigenvalue weighted by molar-refractivity contribution is -0.276. The van der Waals surface area contributed by atoms with E-state index in [1.165, 1.54) is 0 Å². The van der Waals surface area contributed by atoms with E-state index in [1.54, 1.807) is 0 Å². The third-order valence-electron chi connectivity index (χ3n) is 3.47. The molecule has 1 aromatic rings. The van der Waals surface area contributed by atoms with Crippen LogP contribution in [-0.2, 0) is 14.0 Å². The van der Waals surface area contributed by atoms with Gasteiger partial charge in [0.2, 0.25) is 5.75 Å². The van der Waals surface area contributed by atoms with Crippen molar-refractivity contribution in [1.29, 1.82) is 0 Å². The Morgan fingerprint density at radius 3 is 2.28 bits per heavy atom. The molecule has 0 saturated carbocycles. The Labute approximate surface area is 142 Å². The maximum Gasteiger partial charge on any atom is 0.573 e. The van der Waals surface area contributed by atoms with E-state index in [4.69, 9.17) is 14.0 Å². The summed E-state index contributed by atoms with van der Waals surface area (Å²) in [6, 6.07) is 1.40. The molecule has 25 heavy (non-hydrogen) atoms. The first kappa shape index (κ1) is 19.9. The van der Waals surface area contributed by atoms with Gasteiger partial charge in [0.1, 0.15) is 0 Å². The number of hydrogen-bond donors (Lipinski definition) is 0. The van der Waals surface area contributed by atoms with Crippen LogP contribution in [0.25, 0.3) is 0 Å². The van der Waals surface area contributed by atoms with Gasteiger partial charge in [-0.2, -0.15) is 0 Å². The summed E-state index contributed by atoms with van der Waals surface area (Å²) in [7, 11) is -1.06. The third-order valence-corrected chi connectivity index (χ3v) is 3.47. The van der Waals surface area contributed by atoms with Gasteiger partial charge in [-0.1, -0.05) is 13.3 Å². The average molecular weight is 368 g/mol. The van der Waals surface area contributed by atoms with Gasteiger partial charge in [0, 0.05) is 25.7 Å². The summed E-state index contributed by atoms with van der Waals surface area (Å²) in [6.07, 6.45) is -3.22. The summed E-state index contributed by atoms with van der Waals surface area (Å²) in [5, 5.41) is 0. The third kappa shape index (κ3) is 6.12. The van der Waals surface area contributed by atoms with Gasteiger partial charge in [-0.15, -0.1) is 13.2 Å². The highest BCUT2D eigenvalue weighted by Gasteiger charge is 2.36. The second-order valence-corrected chi connectivity index (χ2v) is 5.65. The molecule has 1 aromatic carbocycles. The van der Waals surface area contributed by atoms with Gasteiger partial charge in [-0.3, -0.25) is 0 Å². The zero-order valence-electron chi connectivity index (χ0n) is 13.6.